The molecule has 0 radical (unpaired) electrons. The van der Waals surface area contributed by atoms with Crippen molar-refractivity contribution in [3.63, 3.8) is 0 Å². The Kier molecular flexibility index (Phi) is 6.30. The van der Waals surface area contributed by atoms with Gasteiger partial charge in [0.25, 0.3) is 5.56 Å². The highest BCUT2D eigenvalue weighted by atomic mass is 79.9. The third-order valence-electron chi connectivity index (χ3n) is 4.75. The summed E-state index contributed by atoms with van der Waals surface area (Å²) < 4.78 is 2.17. The van der Waals surface area contributed by atoms with E-state index in [9.17, 15) is 9.59 Å². The van der Waals surface area contributed by atoms with Crippen molar-refractivity contribution < 1.29 is 4.79 Å². The fourth-order valence-corrected chi connectivity index (χ4v) is 3.72. The third kappa shape index (κ3) is 4.02. The molecule has 0 aliphatic heterocycles. The molecule has 0 aliphatic rings. The van der Waals surface area contributed by atoms with Crippen LogP contribution in [0.25, 0.3) is 22.8 Å². The summed E-state index contributed by atoms with van der Waals surface area (Å²) in [5.41, 5.74) is 4.32. The molecule has 0 unspecified atom stereocenters. The molecular formula is C23H18BrClN2O2. The van der Waals surface area contributed by atoms with E-state index in [4.69, 9.17) is 11.6 Å². The van der Waals surface area contributed by atoms with Gasteiger partial charge in [-0.3, -0.25) is 14.2 Å². The monoisotopic (exact) mass is 468 g/mol. The number of aldehydes is 1. The predicted molar refractivity (Wildman–Crippen MR) is 122 cm³/mol. The molecule has 0 aliphatic carbocycles. The lowest BCUT2D eigenvalue weighted by atomic mass is 9.92. The lowest BCUT2D eigenvalue weighted by molar-refractivity contribution is 0.112. The molecule has 1 heterocycles. The lowest BCUT2D eigenvalue weighted by Crippen LogP contribution is -2.23. The van der Waals surface area contributed by atoms with Crippen LogP contribution in [0.4, 0.5) is 0 Å². The van der Waals surface area contributed by atoms with Crippen LogP contribution in [0.1, 0.15) is 27.3 Å². The Labute approximate surface area is 182 Å². The minimum atomic E-state index is -0.393. The molecule has 0 fully saturated rings. The Morgan fingerprint density at radius 2 is 1.90 bits per heavy atom. The quantitative estimate of drug-likeness (QED) is 0.355. The van der Waals surface area contributed by atoms with E-state index in [1.165, 1.54) is 10.8 Å². The first-order valence-electron chi connectivity index (χ1n) is 8.78. The second-order valence-electron chi connectivity index (χ2n) is 6.44. The Morgan fingerprint density at radius 1 is 1.21 bits per heavy atom. The standard InChI is InChI=1S/C23H18BrClN2O2/c1-4-15(11-21-26-12-16(13-28)23(29)27(21)3)17-7-5-8-18(14(17)2)19-9-6-10-20(24)22(19)25/h4-13H,1H2,2-3H3/b15-11+. The Hall–Kier alpha value is -2.76. The molecule has 0 amide bonds. The number of hydrogen-bond acceptors (Lipinski definition) is 3. The molecule has 0 bridgehead atoms. The van der Waals surface area contributed by atoms with Crippen molar-refractivity contribution in [2.45, 2.75) is 6.92 Å². The number of rotatable bonds is 5. The second-order valence-corrected chi connectivity index (χ2v) is 7.67. The number of aromatic nitrogens is 2. The first-order chi connectivity index (χ1) is 13.9. The van der Waals surface area contributed by atoms with Crippen LogP contribution in [0, 0.1) is 6.92 Å². The zero-order valence-corrected chi connectivity index (χ0v) is 18.3. The van der Waals surface area contributed by atoms with Crippen LogP contribution >= 0.6 is 27.5 Å². The van der Waals surface area contributed by atoms with Crippen molar-refractivity contribution in [1.82, 2.24) is 9.55 Å². The fraction of sp³-hybridized carbons (Fsp3) is 0.0870. The van der Waals surface area contributed by atoms with E-state index in [1.807, 2.05) is 43.3 Å². The molecule has 0 spiro atoms. The van der Waals surface area contributed by atoms with Gasteiger partial charge in [0.15, 0.2) is 6.29 Å². The first kappa shape index (κ1) is 21.0. The van der Waals surface area contributed by atoms with E-state index >= 15 is 0 Å². The summed E-state index contributed by atoms with van der Waals surface area (Å²) >= 11 is 9.98. The van der Waals surface area contributed by atoms with Crippen LogP contribution in [0.5, 0.6) is 0 Å². The molecule has 3 aromatic rings. The van der Waals surface area contributed by atoms with Gasteiger partial charge in [0.2, 0.25) is 0 Å². The zero-order chi connectivity index (χ0) is 21.1. The Balaban J connectivity index is 2.17. The molecule has 1 aromatic heterocycles. The van der Waals surface area contributed by atoms with E-state index in [0.29, 0.717) is 17.1 Å². The van der Waals surface area contributed by atoms with E-state index in [-0.39, 0.29) is 5.56 Å². The van der Waals surface area contributed by atoms with Crippen LogP contribution in [-0.2, 0) is 7.05 Å². The van der Waals surface area contributed by atoms with Crippen molar-refractivity contribution in [2.24, 2.45) is 7.05 Å². The summed E-state index contributed by atoms with van der Waals surface area (Å²) in [6, 6.07) is 11.8. The van der Waals surface area contributed by atoms with Gasteiger partial charge in [-0.15, -0.1) is 0 Å². The molecule has 146 valence electrons. The number of carbonyl (C=O) groups excluding carboxylic acids is 1. The number of hydrogen-bond donors (Lipinski definition) is 0. The maximum absolute atomic E-state index is 12.2. The van der Waals surface area contributed by atoms with Gasteiger partial charge in [0.1, 0.15) is 5.82 Å². The Morgan fingerprint density at radius 3 is 2.59 bits per heavy atom. The minimum absolute atomic E-state index is 0.0206. The fourth-order valence-electron chi connectivity index (χ4n) is 3.13. The molecule has 0 saturated heterocycles. The van der Waals surface area contributed by atoms with Gasteiger partial charge in [0, 0.05) is 23.3 Å². The molecule has 0 atom stereocenters. The van der Waals surface area contributed by atoms with Gasteiger partial charge in [-0.25, -0.2) is 4.98 Å². The summed E-state index contributed by atoms with van der Waals surface area (Å²) in [4.78, 5) is 27.4. The minimum Gasteiger partial charge on any atom is -0.298 e. The highest BCUT2D eigenvalue weighted by Crippen LogP contribution is 2.37. The summed E-state index contributed by atoms with van der Waals surface area (Å²) in [6.45, 7) is 5.94. The van der Waals surface area contributed by atoms with Crippen LogP contribution in [0.3, 0.4) is 0 Å². The van der Waals surface area contributed by atoms with Crippen LogP contribution in [-0.4, -0.2) is 15.8 Å². The maximum atomic E-state index is 12.2. The van der Waals surface area contributed by atoms with Gasteiger partial charge in [-0.1, -0.05) is 54.6 Å². The van der Waals surface area contributed by atoms with Crippen LogP contribution < -0.4 is 5.56 Å². The topological polar surface area (TPSA) is 52.0 Å². The van der Waals surface area contributed by atoms with Gasteiger partial charge >= 0.3 is 0 Å². The summed E-state index contributed by atoms with van der Waals surface area (Å²) in [7, 11) is 1.58. The second kappa shape index (κ2) is 8.72. The molecule has 3 rings (SSSR count). The molecule has 2 aromatic carbocycles. The number of carbonyl (C=O) groups is 1. The third-order valence-corrected chi connectivity index (χ3v) is 6.05. The SMILES string of the molecule is C=C/C(=C\c1ncc(C=O)c(=O)n1C)c1cccc(-c2cccc(Br)c2Cl)c1C. The van der Waals surface area contributed by atoms with Gasteiger partial charge in [0.05, 0.1) is 10.6 Å². The highest BCUT2D eigenvalue weighted by Gasteiger charge is 2.13. The van der Waals surface area contributed by atoms with Gasteiger partial charge < -0.3 is 0 Å². The number of allylic oxidation sites excluding steroid dienone is 2. The first-order valence-corrected chi connectivity index (χ1v) is 9.95. The van der Waals surface area contributed by atoms with Crippen molar-refractivity contribution >= 4 is 45.5 Å². The summed E-state index contributed by atoms with van der Waals surface area (Å²) in [5.74, 6) is 0.431. The van der Waals surface area contributed by atoms with Crippen molar-refractivity contribution in [1.29, 1.82) is 0 Å². The van der Waals surface area contributed by atoms with Crippen molar-refractivity contribution in [2.75, 3.05) is 0 Å². The number of benzene rings is 2. The summed E-state index contributed by atoms with van der Waals surface area (Å²) in [6.07, 6.45) is 5.28. The normalized spacial score (nSPS) is 11.4. The van der Waals surface area contributed by atoms with Crippen LogP contribution in [0.15, 0.2) is 64.5 Å². The van der Waals surface area contributed by atoms with E-state index in [2.05, 4.69) is 27.5 Å². The zero-order valence-electron chi connectivity index (χ0n) is 15.9. The van der Waals surface area contributed by atoms with Gasteiger partial charge in [-0.2, -0.15) is 0 Å². The van der Waals surface area contributed by atoms with E-state index < -0.39 is 5.56 Å². The molecule has 0 saturated carbocycles. The highest BCUT2D eigenvalue weighted by molar-refractivity contribution is 9.10. The van der Waals surface area contributed by atoms with E-state index in [1.54, 1.807) is 19.2 Å². The molecule has 0 N–H and O–H groups in total. The largest absolute Gasteiger partial charge is 0.298 e. The Bertz CT molecular complexity index is 1210. The molecule has 4 nitrogen and oxygen atoms in total. The van der Waals surface area contributed by atoms with Crippen LogP contribution in [0.2, 0.25) is 5.02 Å². The number of halogens is 2. The maximum Gasteiger partial charge on any atom is 0.264 e. The summed E-state index contributed by atoms with van der Waals surface area (Å²) in [5, 5.41) is 0.644. The predicted octanol–water partition coefficient (Wildman–Crippen LogP) is 5.71. The van der Waals surface area contributed by atoms with E-state index in [0.717, 1.165) is 32.3 Å². The van der Waals surface area contributed by atoms with Crippen molar-refractivity contribution in [3.8, 4) is 11.1 Å². The average Bonchev–Trinajstić information content (AvgIpc) is 2.72. The molecule has 6 heteroatoms. The lowest BCUT2D eigenvalue weighted by Gasteiger charge is -2.15. The smallest absolute Gasteiger partial charge is 0.264 e. The average molecular weight is 470 g/mol. The number of nitrogens with zero attached hydrogens (tertiary/aromatic N) is 2. The molecule has 29 heavy (non-hydrogen) atoms. The van der Waals surface area contributed by atoms with Gasteiger partial charge in [-0.05, 0) is 57.3 Å². The van der Waals surface area contributed by atoms with Crippen molar-refractivity contribution in [3.05, 3.63) is 97.6 Å². The molecular weight excluding hydrogens is 452 g/mol.